The number of ether oxygens (including phenoxy) is 1. The van der Waals surface area contributed by atoms with Gasteiger partial charge in [0.2, 0.25) is 0 Å². The average molecular weight is 352 g/mol. The molecule has 0 aliphatic heterocycles. The Morgan fingerprint density at radius 3 is 2.24 bits per heavy atom. The highest BCUT2D eigenvalue weighted by atomic mass is 16.5. The summed E-state index contributed by atoms with van der Waals surface area (Å²) in [5.41, 5.74) is 10.8. The summed E-state index contributed by atoms with van der Waals surface area (Å²) in [6, 6.07) is 7.48. The van der Waals surface area contributed by atoms with Crippen LogP contribution in [-0.4, -0.2) is 48.7 Å². The van der Waals surface area contributed by atoms with Crippen molar-refractivity contribution in [2.75, 3.05) is 19.8 Å². The number of carbonyl (C=O) groups is 2. The minimum atomic E-state index is -1.08. The third-order valence-corrected chi connectivity index (χ3v) is 2.99. The van der Waals surface area contributed by atoms with Gasteiger partial charge in [0.15, 0.2) is 5.96 Å². The Morgan fingerprint density at radius 2 is 1.80 bits per heavy atom. The number of guanidine groups is 1. The Kier molecular flexibility index (Phi) is 12.4. The monoisotopic (exact) mass is 352 g/mol. The summed E-state index contributed by atoms with van der Waals surface area (Å²) < 4.78 is 4.83. The number of carbonyl (C=O) groups excluding carboxylic acids is 1. The van der Waals surface area contributed by atoms with E-state index in [0.717, 1.165) is 13.2 Å². The average Bonchev–Trinajstić information content (AvgIpc) is 2.59. The van der Waals surface area contributed by atoms with E-state index in [-0.39, 0.29) is 12.4 Å². The number of aliphatic imine (C=N–C) groups is 1. The van der Waals surface area contributed by atoms with Crippen molar-refractivity contribution in [3.8, 4) is 0 Å². The highest BCUT2D eigenvalue weighted by Gasteiger charge is 2.19. The Hall–Kier alpha value is -2.61. The lowest BCUT2D eigenvalue weighted by Gasteiger charge is -2.14. The van der Waals surface area contributed by atoms with E-state index in [4.69, 9.17) is 21.3 Å². The number of hydrogen-bond acceptors (Lipinski definition) is 4. The number of carboxylic acid groups (broad SMARTS) is 1. The first-order chi connectivity index (χ1) is 11.9. The molecule has 1 aromatic carbocycles. The molecule has 6 N–H and O–H groups in total. The maximum absolute atomic E-state index is 11.9. The summed E-state index contributed by atoms with van der Waals surface area (Å²) in [6.45, 7) is 5.99. The number of aliphatic carboxylic acids is 1. The van der Waals surface area contributed by atoms with Crippen molar-refractivity contribution >= 4 is 17.8 Å². The number of nitrogens with two attached hydrogens (primary N) is 2. The molecule has 140 valence electrons. The quantitative estimate of drug-likeness (QED) is 0.296. The molecule has 1 atom stereocenters. The molecule has 8 nitrogen and oxygen atoms in total. The lowest BCUT2D eigenvalue weighted by molar-refractivity contribution is -0.139. The molecule has 0 unspecified atom stereocenters. The molecule has 0 aliphatic carbocycles. The van der Waals surface area contributed by atoms with Crippen LogP contribution >= 0.6 is 0 Å². The van der Waals surface area contributed by atoms with Crippen LogP contribution in [0.3, 0.4) is 0 Å². The second-order valence-electron chi connectivity index (χ2n) is 4.96. The maximum Gasteiger partial charge on any atom is 0.326 e. The molecule has 1 rings (SSSR count). The molecule has 0 fully saturated rings. The van der Waals surface area contributed by atoms with Crippen molar-refractivity contribution in [2.24, 2.45) is 16.5 Å². The van der Waals surface area contributed by atoms with E-state index in [0.29, 0.717) is 18.5 Å². The molecule has 1 aromatic rings. The topological polar surface area (TPSA) is 140 Å². The lowest BCUT2D eigenvalue weighted by Crippen LogP contribution is -2.40. The van der Waals surface area contributed by atoms with E-state index in [9.17, 15) is 9.59 Å². The molecular formula is C17H28N4O4. The van der Waals surface area contributed by atoms with Crippen LogP contribution in [0.5, 0.6) is 0 Å². The van der Waals surface area contributed by atoms with Gasteiger partial charge in [-0.1, -0.05) is 18.2 Å². The number of hydrogen-bond donors (Lipinski definition) is 4. The number of amides is 1. The predicted molar refractivity (Wildman–Crippen MR) is 97.4 cm³/mol. The third kappa shape index (κ3) is 11.5. The highest BCUT2D eigenvalue weighted by Crippen LogP contribution is 2.03. The molecule has 0 aromatic heterocycles. The Balaban J connectivity index is 0.00000101. The summed E-state index contributed by atoms with van der Waals surface area (Å²) in [4.78, 5) is 26.7. The second kappa shape index (κ2) is 13.8. The van der Waals surface area contributed by atoms with Gasteiger partial charge >= 0.3 is 5.97 Å². The minimum absolute atomic E-state index is 0.0369. The van der Waals surface area contributed by atoms with Gasteiger partial charge in [0, 0.05) is 25.3 Å². The number of carboxylic acids is 1. The molecule has 0 saturated heterocycles. The Bertz CT molecular complexity index is 529. The molecule has 0 aliphatic rings. The van der Waals surface area contributed by atoms with Crippen LogP contribution in [0.1, 0.15) is 37.0 Å². The molecule has 0 heterocycles. The third-order valence-electron chi connectivity index (χ3n) is 2.99. The predicted octanol–water partition coefficient (Wildman–Crippen LogP) is 0.966. The van der Waals surface area contributed by atoms with Crippen molar-refractivity contribution < 1.29 is 19.4 Å². The van der Waals surface area contributed by atoms with Crippen LogP contribution < -0.4 is 16.8 Å². The zero-order valence-electron chi connectivity index (χ0n) is 14.8. The summed E-state index contributed by atoms with van der Waals surface area (Å²) in [7, 11) is 0. The first-order valence-corrected chi connectivity index (χ1v) is 8.14. The standard InChI is InChI=1S/C13H18N4O3.C4H10O/c14-13(15)16-8-4-7-10(12(19)20)17-11(18)9-5-2-1-3-6-9;1-3-5-4-2/h1-3,5-6,10H,4,7-8H2,(H,17,18)(H,19,20)(H4,14,15,16);3-4H2,1-2H3/t10-;/m0./s1. The van der Waals surface area contributed by atoms with E-state index in [1.54, 1.807) is 30.3 Å². The molecule has 0 spiro atoms. The van der Waals surface area contributed by atoms with Crippen molar-refractivity contribution in [3.63, 3.8) is 0 Å². The fourth-order valence-electron chi connectivity index (χ4n) is 1.80. The van der Waals surface area contributed by atoms with Gasteiger partial charge < -0.3 is 26.6 Å². The molecule has 8 heteroatoms. The van der Waals surface area contributed by atoms with Crippen LogP contribution in [0.25, 0.3) is 0 Å². The van der Waals surface area contributed by atoms with Crippen molar-refractivity contribution in [3.05, 3.63) is 35.9 Å². The zero-order chi connectivity index (χ0) is 19.1. The van der Waals surface area contributed by atoms with E-state index >= 15 is 0 Å². The molecule has 0 bridgehead atoms. The second-order valence-corrected chi connectivity index (χ2v) is 4.96. The summed E-state index contributed by atoms with van der Waals surface area (Å²) in [6.07, 6.45) is 0.717. The van der Waals surface area contributed by atoms with E-state index in [1.807, 2.05) is 13.8 Å². The van der Waals surface area contributed by atoms with Gasteiger partial charge in [-0.3, -0.25) is 9.79 Å². The van der Waals surface area contributed by atoms with Crippen LogP contribution in [0.2, 0.25) is 0 Å². The summed E-state index contributed by atoms with van der Waals surface area (Å²) >= 11 is 0. The summed E-state index contributed by atoms with van der Waals surface area (Å²) in [5.74, 6) is -1.54. The van der Waals surface area contributed by atoms with Crippen LogP contribution in [0, 0.1) is 0 Å². The van der Waals surface area contributed by atoms with Gasteiger partial charge in [0.25, 0.3) is 5.91 Å². The van der Waals surface area contributed by atoms with Crippen LogP contribution in [0.15, 0.2) is 35.3 Å². The van der Waals surface area contributed by atoms with Crippen LogP contribution in [0.4, 0.5) is 0 Å². The van der Waals surface area contributed by atoms with Crippen LogP contribution in [-0.2, 0) is 9.53 Å². The zero-order valence-corrected chi connectivity index (χ0v) is 14.8. The van der Waals surface area contributed by atoms with Gasteiger partial charge in [-0.05, 0) is 38.8 Å². The SMILES string of the molecule is CCOCC.NC(N)=NCCC[C@H](NC(=O)c1ccccc1)C(=O)O. The Morgan fingerprint density at radius 1 is 1.20 bits per heavy atom. The van der Waals surface area contributed by atoms with Gasteiger partial charge in [0.05, 0.1) is 0 Å². The first kappa shape index (κ1) is 22.4. The van der Waals surface area contributed by atoms with E-state index in [1.165, 1.54) is 0 Å². The molecule has 1 amide bonds. The fourth-order valence-corrected chi connectivity index (χ4v) is 1.80. The number of benzene rings is 1. The normalized spacial score (nSPS) is 10.8. The van der Waals surface area contributed by atoms with Gasteiger partial charge in [0.1, 0.15) is 6.04 Å². The molecular weight excluding hydrogens is 324 g/mol. The largest absolute Gasteiger partial charge is 0.480 e. The van der Waals surface area contributed by atoms with Gasteiger partial charge in [-0.2, -0.15) is 0 Å². The van der Waals surface area contributed by atoms with Gasteiger partial charge in [-0.25, -0.2) is 4.79 Å². The van der Waals surface area contributed by atoms with Crippen molar-refractivity contribution in [2.45, 2.75) is 32.7 Å². The molecule has 0 radical (unpaired) electrons. The fraction of sp³-hybridized carbons (Fsp3) is 0.471. The summed E-state index contributed by atoms with van der Waals surface area (Å²) in [5, 5.41) is 11.5. The Labute approximate surface area is 148 Å². The number of nitrogens with zero attached hydrogens (tertiary/aromatic N) is 1. The van der Waals surface area contributed by atoms with E-state index in [2.05, 4.69) is 10.3 Å². The molecule has 25 heavy (non-hydrogen) atoms. The maximum atomic E-state index is 11.9. The van der Waals surface area contributed by atoms with Gasteiger partial charge in [-0.15, -0.1) is 0 Å². The van der Waals surface area contributed by atoms with Crippen molar-refractivity contribution in [1.29, 1.82) is 0 Å². The van der Waals surface area contributed by atoms with Crippen molar-refractivity contribution in [1.82, 2.24) is 5.32 Å². The lowest BCUT2D eigenvalue weighted by atomic mass is 10.1. The number of rotatable bonds is 9. The highest BCUT2D eigenvalue weighted by molar-refractivity contribution is 5.96. The van der Waals surface area contributed by atoms with E-state index < -0.39 is 17.9 Å². The smallest absolute Gasteiger partial charge is 0.326 e. The molecule has 0 saturated carbocycles. The first-order valence-electron chi connectivity index (χ1n) is 8.14. The minimum Gasteiger partial charge on any atom is -0.480 e. The number of nitrogens with one attached hydrogen (secondary N) is 1.